The third kappa shape index (κ3) is 4.34. The van der Waals surface area contributed by atoms with Gasteiger partial charge in [0.25, 0.3) is 0 Å². The summed E-state index contributed by atoms with van der Waals surface area (Å²) >= 11 is 0. The SMILES string of the molecule is CCc1ccccc1NC(=O)Nc1ccc(C)c(C(=O)c2cn(C(C)C)c3ncnc(N)c23)c1. The highest BCUT2D eigenvalue weighted by Gasteiger charge is 2.22. The van der Waals surface area contributed by atoms with Gasteiger partial charge in [-0.15, -0.1) is 0 Å². The van der Waals surface area contributed by atoms with E-state index < -0.39 is 0 Å². The lowest BCUT2D eigenvalue weighted by molar-refractivity contribution is 0.103. The summed E-state index contributed by atoms with van der Waals surface area (Å²) in [7, 11) is 0. The summed E-state index contributed by atoms with van der Waals surface area (Å²) < 4.78 is 1.91. The van der Waals surface area contributed by atoms with E-state index in [1.165, 1.54) is 6.33 Å². The summed E-state index contributed by atoms with van der Waals surface area (Å²) in [6, 6.07) is 12.6. The fraction of sp³-hybridized carbons (Fsp3) is 0.231. The zero-order valence-corrected chi connectivity index (χ0v) is 19.7. The molecule has 0 spiro atoms. The molecule has 8 heteroatoms. The molecular formula is C26H28N6O2. The minimum atomic E-state index is -0.378. The van der Waals surface area contributed by atoms with Crippen LogP contribution < -0.4 is 16.4 Å². The average Bonchev–Trinajstić information content (AvgIpc) is 3.21. The zero-order valence-electron chi connectivity index (χ0n) is 19.7. The van der Waals surface area contributed by atoms with Gasteiger partial charge in [-0.1, -0.05) is 31.2 Å². The van der Waals surface area contributed by atoms with Gasteiger partial charge < -0.3 is 20.9 Å². The third-order valence-electron chi connectivity index (χ3n) is 5.83. The average molecular weight is 457 g/mol. The summed E-state index contributed by atoms with van der Waals surface area (Å²) in [5, 5.41) is 6.25. The largest absolute Gasteiger partial charge is 0.383 e. The zero-order chi connectivity index (χ0) is 24.4. The number of benzene rings is 2. The summed E-state index contributed by atoms with van der Waals surface area (Å²) in [6.07, 6.45) is 3.98. The van der Waals surface area contributed by atoms with Crippen molar-refractivity contribution in [3.63, 3.8) is 0 Å². The second-order valence-corrected chi connectivity index (χ2v) is 8.45. The number of aryl methyl sites for hydroxylation is 2. The number of hydrogen-bond donors (Lipinski definition) is 3. The first kappa shape index (κ1) is 23.0. The van der Waals surface area contributed by atoms with Crippen molar-refractivity contribution in [3.05, 3.63) is 77.2 Å². The molecule has 0 aliphatic rings. The number of nitrogens with two attached hydrogens (primary N) is 1. The standard InChI is InChI=1S/C26H28N6O2/c1-5-17-8-6-7-9-21(17)31-26(34)30-18-11-10-16(4)19(12-18)23(33)20-13-32(15(2)3)25-22(20)24(27)28-14-29-25/h6-15H,5H2,1-4H3,(H2,27,28,29)(H2,30,31,34). The lowest BCUT2D eigenvalue weighted by Gasteiger charge is -2.12. The van der Waals surface area contributed by atoms with Gasteiger partial charge in [-0.2, -0.15) is 0 Å². The van der Waals surface area contributed by atoms with Crippen LogP contribution in [0, 0.1) is 6.92 Å². The van der Waals surface area contributed by atoms with Gasteiger partial charge in [-0.25, -0.2) is 14.8 Å². The van der Waals surface area contributed by atoms with E-state index in [4.69, 9.17) is 5.73 Å². The maximum absolute atomic E-state index is 13.6. The topological polar surface area (TPSA) is 115 Å². The van der Waals surface area contributed by atoms with Crippen molar-refractivity contribution in [1.82, 2.24) is 14.5 Å². The van der Waals surface area contributed by atoms with Crippen LogP contribution in [-0.4, -0.2) is 26.3 Å². The number of urea groups is 1. The number of rotatable bonds is 6. The van der Waals surface area contributed by atoms with Crippen molar-refractivity contribution in [2.45, 2.75) is 40.2 Å². The molecule has 2 amide bonds. The van der Waals surface area contributed by atoms with E-state index in [9.17, 15) is 9.59 Å². The Kier molecular flexibility index (Phi) is 6.32. The van der Waals surface area contributed by atoms with Gasteiger partial charge in [0.15, 0.2) is 5.78 Å². The van der Waals surface area contributed by atoms with Gasteiger partial charge >= 0.3 is 6.03 Å². The molecule has 34 heavy (non-hydrogen) atoms. The number of hydrogen-bond acceptors (Lipinski definition) is 5. The number of amides is 2. The molecule has 0 atom stereocenters. The van der Waals surface area contributed by atoms with Crippen LogP contribution in [0.4, 0.5) is 22.0 Å². The molecule has 0 bridgehead atoms. The van der Waals surface area contributed by atoms with E-state index in [-0.39, 0.29) is 23.7 Å². The molecule has 2 aromatic carbocycles. The number of nitrogen functional groups attached to an aromatic ring is 1. The van der Waals surface area contributed by atoms with Crippen LogP contribution in [0.5, 0.6) is 0 Å². The van der Waals surface area contributed by atoms with Gasteiger partial charge in [0.1, 0.15) is 17.8 Å². The number of fused-ring (bicyclic) bond motifs is 1. The molecule has 4 N–H and O–H groups in total. The molecule has 0 fully saturated rings. The first-order valence-electron chi connectivity index (χ1n) is 11.2. The van der Waals surface area contributed by atoms with Gasteiger partial charge in [-0.3, -0.25) is 4.79 Å². The molecule has 4 aromatic rings. The van der Waals surface area contributed by atoms with Crippen LogP contribution in [0.15, 0.2) is 55.0 Å². The Morgan fingerprint density at radius 2 is 1.82 bits per heavy atom. The number of nitrogens with zero attached hydrogens (tertiary/aromatic N) is 3. The Morgan fingerprint density at radius 3 is 2.56 bits per heavy atom. The van der Waals surface area contributed by atoms with E-state index in [2.05, 4.69) is 20.6 Å². The number of aromatic nitrogens is 3. The second-order valence-electron chi connectivity index (χ2n) is 8.45. The van der Waals surface area contributed by atoms with Crippen LogP contribution in [0.25, 0.3) is 11.0 Å². The quantitative estimate of drug-likeness (QED) is 0.339. The highest BCUT2D eigenvalue weighted by molar-refractivity contribution is 6.19. The van der Waals surface area contributed by atoms with E-state index in [0.717, 1.165) is 23.2 Å². The maximum atomic E-state index is 13.6. The number of anilines is 3. The molecule has 2 aromatic heterocycles. The molecule has 0 aliphatic carbocycles. The van der Waals surface area contributed by atoms with E-state index in [1.807, 2.05) is 62.6 Å². The lowest BCUT2D eigenvalue weighted by atomic mass is 9.98. The minimum absolute atomic E-state index is 0.0853. The highest BCUT2D eigenvalue weighted by atomic mass is 16.2. The smallest absolute Gasteiger partial charge is 0.323 e. The molecule has 8 nitrogen and oxygen atoms in total. The predicted octanol–water partition coefficient (Wildman–Crippen LogP) is 5.34. The molecule has 0 radical (unpaired) electrons. The van der Waals surface area contributed by atoms with Crippen LogP contribution >= 0.6 is 0 Å². The number of ketones is 1. The summed E-state index contributed by atoms with van der Waals surface area (Å²) in [5.74, 6) is 0.0532. The summed E-state index contributed by atoms with van der Waals surface area (Å²) in [6.45, 7) is 7.91. The van der Waals surface area contributed by atoms with Crippen LogP contribution in [-0.2, 0) is 6.42 Å². The van der Waals surface area contributed by atoms with Crippen molar-refractivity contribution >= 4 is 40.0 Å². The van der Waals surface area contributed by atoms with Crippen molar-refractivity contribution in [3.8, 4) is 0 Å². The first-order valence-corrected chi connectivity index (χ1v) is 11.2. The van der Waals surface area contributed by atoms with E-state index >= 15 is 0 Å². The van der Waals surface area contributed by atoms with Crippen LogP contribution in [0.1, 0.15) is 53.9 Å². The Morgan fingerprint density at radius 1 is 1.06 bits per heavy atom. The predicted molar refractivity (Wildman–Crippen MR) is 135 cm³/mol. The number of nitrogens with one attached hydrogen (secondary N) is 2. The monoisotopic (exact) mass is 456 g/mol. The minimum Gasteiger partial charge on any atom is -0.383 e. The van der Waals surface area contributed by atoms with Gasteiger partial charge in [0.05, 0.1) is 10.9 Å². The molecule has 0 saturated heterocycles. The first-order chi connectivity index (χ1) is 16.3. The summed E-state index contributed by atoms with van der Waals surface area (Å²) in [5.41, 5.74) is 10.7. The maximum Gasteiger partial charge on any atom is 0.323 e. The number of carbonyl (C=O) groups excluding carboxylic acids is 2. The van der Waals surface area contributed by atoms with E-state index in [0.29, 0.717) is 27.8 Å². The lowest BCUT2D eigenvalue weighted by Crippen LogP contribution is -2.20. The summed E-state index contributed by atoms with van der Waals surface area (Å²) in [4.78, 5) is 34.7. The van der Waals surface area contributed by atoms with Gasteiger partial charge in [0.2, 0.25) is 0 Å². The fourth-order valence-electron chi connectivity index (χ4n) is 4.00. The van der Waals surface area contributed by atoms with Crippen molar-refractivity contribution < 1.29 is 9.59 Å². The van der Waals surface area contributed by atoms with Crippen molar-refractivity contribution in [2.24, 2.45) is 0 Å². The highest BCUT2D eigenvalue weighted by Crippen LogP contribution is 2.30. The van der Waals surface area contributed by atoms with Crippen molar-refractivity contribution in [2.75, 3.05) is 16.4 Å². The molecule has 0 unspecified atom stereocenters. The van der Waals surface area contributed by atoms with Gasteiger partial charge in [0, 0.05) is 29.2 Å². The van der Waals surface area contributed by atoms with Crippen molar-refractivity contribution in [1.29, 1.82) is 0 Å². The molecule has 0 aliphatic heterocycles. The molecule has 2 heterocycles. The third-order valence-corrected chi connectivity index (χ3v) is 5.83. The fourth-order valence-corrected chi connectivity index (χ4v) is 4.00. The molecular weight excluding hydrogens is 428 g/mol. The van der Waals surface area contributed by atoms with Crippen LogP contribution in [0.3, 0.4) is 0 Å². The Balaban J connectivity index is 1.65. The number of para-hydroxylation sites is 1. The Bertz CT molecular complexity index is 1390. The molecule has 174 valence electrons. The Hall–Kier alpha value is -4.20. The van der Waals surface area contributed by atoms with Crippen LogP contribution in [0.2, 0.25) is 0 Å². The van der Waals surface area contributed by atoms with Gasteiger partial charge in [-0.05, 0) is 56.5 Å². The normalized spacial score (nSPS) is 11.1. The Labute approximate surface area is 198 Å². The van der Waals surface area contributed by atoms with E-state index in [1.54, 1.807) is 18.3 Å². The number of carbonyl (C=O) groups is 2. The molecule has 4 rings (SSSR count). The molecule has 0 saturated carbocycles. The second kappa shape index (κ2) is 9.35.